The van der Waals surface area contributed by atoms with Crippen LogP contribution < -0.4 is 9.64 Å². The van der Waals surface area contributed by atoms with Crippen LogP contribution in [0.1, 0.15) is 11.1 Å². The number of allylic oxidation sites excluding steroid dienone is 1. The SMILES string of the molecule is COc1ccc(N(c2ccc(C)cc2)c2ccc(/C=C/C#N)cc2)cc1. The molecule has 0 aliphatic carbocycles. The van der Waals surface area contributed by atoms with E-state index >= 15 is 0 Å². The molecule has 0 saturated heterocycles. The summed E-state index contributed by atoms with van der Waals surface area (Å²) in [6, 6.07) is 26.6. The van der Waals surface area contributed by atoms with Crippen molar-refractivity contribution in [2.75, 3.05) is 12.0 Å². The van der Waals surface area contributed by atoms with Gasteiger partial charge in [-0.2, -0.15) is 5.26 Å². The normalized spacial score (nSPS) is 10.5. The quantitative estimate of drug-likeness (QED) is 0.534. The fourth-order valence-electron chi connectivity index (χ4n) is 2.74. The summed E-state index contributed by atoms with van der Waals surface area (Å²) in [6.45, 7) is 2.08. The predicted octanol–water partition coefficient (Wildman–Crippen LogP) is 6.01. The van der Waals surface area contributed by atoms with Gasteiger partial charge in [0.2, 0.25) is 0 Å². The Morgan fingerprint density at radius 1 is 0.808 bits per heavy atom. The number of hydrogen-bond acceptors (Lipinski definition) is 3. The molecule has 0 unspecified atom stereocenters. The van der Waals surface area contributed by atoms with E-state index in [9.17, 15) is 0 Å². The lowest BCUT2D eigenvalue weighted by Crippen LogP contribution is -2.09. The molecule has 0 saturated carbocycles. The first-order chi connectivity index (χ1) is 12.7. The van der Waals surface area contributed by atoms with Crippen molar-refractivity contribution in [1.29, 1.82) is 5.26 Å². The second-order valence-corrected chi connectivity index (χ2v) is 5.92. The van der Waals surface area contributed by atoms with Crippen LogP contribution in [0.2, 0.25) is 0 Å². The Labute approximate surface area is 154 Å². The highest BCUT2D eigenvalue weighted by molar-refractivity contribution is 5.77. The standard InChI is InChI=1S/C23H20N2O/c1-18-5-9-20(10-6-18)25(22-13-15-23(26-2)16-14-22)21-11-7-19(8-12-21)4-3-17-24/h3-16H,1-2H3/b4-3+. The van der Waals surface area contributed by atoms with Gasteiger partial charge in [-0.3, -0.25) is 0 Å². The molecule has 0 atom stereocenters. The minimum Gasteiger partial charge on any atom is -0.497 e. The lowest BCUT2D eigenvalue weighted by Gasteiger charge is -2.25. The van der Waals surface area contributed by atoms with Gasteiger partial charge in [0, 0.05) is 23.1 Å². The number of nitriles is 1. The molecule has 26 heavy (non-hydrogen) atoms. The van der Waals surface area contributed by atoms with E-state index in [2.05, 4.69) is 48.2 Å². The van der Waals surface area contributed by atoms with Crippen molar-refractivity contribution in [3.8, 4) is 11.8 Å². The monoisotopic (exact) mass is 340 g/mol. The minimum atomic E-state index is 0.828. The summed E-state index contributed by atoms with van der Waals surface area (Å²) in [5, 5.41) is 8.68. The van der Waals surface area contributed by atoms with Crippen molar-refractivity contribution >= 4 is 23.1 Å². The van der Waals surface area contributed by atoms with Crippen LogP contribution in [0.15, 0.2) is 78.9 Å². The van der Waals surface area contributed by atoms with Crippen molar-refractivity contribution in [3.63, 3.8) is 0 Å². The Morgan fingerprint density at radius 3 is 1.81 bits per heavy atom. The van der Waals surface area contributed by atoms with Gasteiger partial charge in [0.05, 0.1) is 13.2 Å². The molecular formula is C23H20N2O. The maximum Gasteiger partial charge on any atom is 0.119 e. The van der Waals surface area contributed by atoms with Crippen LogP contribution in [0.3, 0.4) is 0 Å². The highest BCUT2D eigenvalue weighted by Crippen LogP contribution is 2.35. The molecule has 3 rings (SSSR count). The summed E-state index contributed by atoms with van der Waals surface area (Å²) in [5.41, 5.74) is 5.40. The zero-order valence-corrected chi connectivity index (χ0v) is 14.9. The number of aryl methyl sites for hydroxylation is 1. The Morgan fingerprint density at radius 2 is 1.31 bits per heavy atom. The zero-order valence-electron chi connectivity index (χ0n) is 14.9. The van der Waals surface area contributed by atoms with E-state index in [4.69, 9.17) is 10.00 Å². The van der Waals surface area contributed by atoms with Crippen LogP contribution in [-0.4, -0.2) is 7.11 Å². The summed E-state index contributed by atoms with van der Waals surface area (Å²) in [6.07, 6.45) is 3.28. The summed E-state index contributed by atoms with van der Waals surface area (Å²) in [7, 11) is 1.67. The predicted molar refractivity (Wildman–Crippen MR) is 107 cm³/mol. The summed E-state index contributed by atoms with van der Waals surface area (Å²) < 4.78 is 5.28. The summed E-state index contributed by atoms with van der Waals surface area (Å²) >= 11 is 0. The lowest BCUT2D eigenvalue weighted by atomic mass is 10.1. The van der Waals surface area contributed by atoms with E-state index in [0.29, 0.717) is 0 Å². The zero-order chi connectivity index (χ0) is 18.4. The number of ether oxygens (including phenoxy) is 1. The van der Waals surface area contributed by atoms with Gasteiger partial charge in [-0.05, 0) is 67.1 Å². The Hall–Kier alpha value is -3.51. The van der Waals surface area contributed by atoms with E-state index in [1.54, 1.807) is 13.2 Å². The molecule has 0 spiro atoms. The Balaban J connectivity index is 2.03. The second-order valence-electron chi connectivity index (χ2n) is 5.92. The van der Waals surface area contributed by atoms with Crippen LogP contribution in [0.5, 0.6) is 5.75 Å². The third kappa shape index (κ3) is 3.93. The molecule has 0 fully saturated rings. The van der Waals surface area contributed by atoms with Crippen molar-refractivity contribution in [1.82, 2.24) is 0 Å². The average Bonchev–Trinajstić information content (AvgIpc) is 2.69. The maximum absolute atomic E-state index is 8.68. The van der Waals surface area contributed by atoms with Crippen LogP contribution in [-0.2, 0) is 0 Å². The first-order valence-corrected chi connectivity index (χ1v) is 8.38. The van der Waals surface area contributed by atoms with Gasteiger partial charge in [-0.25, -0.2) is 0 Å². The minimum absolute atomic E-state index is 0.828. The summed E-state index contributed by atoms with van der Waals surface area (Å²) in [5.74, 6) is 0.828. The molecule has 3 heteroatoms. The second kappa shape index (κ2) is 8.04. The van der Waals surface area contributed by atoms with Crippen molar-refractivity contribution in [3.05, 3.63) is 90.0 Å². The van der Waals surface area contributed by atoms with Crippen LogP contribution in [0, 0.1) is 18.3 Å². The van der Waals surface area contributed by atoms with Crippen LogP contribution in [0.4, 0.5) is 17.1 Å². The number of anilines is 3. The van der Waals surface area contributed by atoms with Crippen LogP contribution >= 0.6 is 0 Å². The van der Waals surface area contributed by atoms with Crippen LogP contribution in [0.25, 0.3) is 6.08 Å². The molecule has 128 valence electrons. The largest absolute Gasteiger partial charge is 0.497 e. The molecule has 0 aromatic heterocycles. The van der Waals surface area contributed by atoms with Gasteiger partial charge in [-0.15, -0.1) is 0 Å². The molecule has 0 aliphatic rings. The third-order valence-corrected chi connectivity index (χ3v) is 4.12. The molecule has 0 N–H and O–H groups in total. The number of hydrogen-bond donors (Lipinski definition) is 0. The van der Waals surface area contributed by atoms with E-state index < -0.39 is 0 Å². The van der Waals surface area contributed by atoms with Gasteiger partial charge < -0.3 is 9.64 Å². The highest BCUT2D eigenvalue weighted by Gasteiger charge is 2.12. The van der Waals surface area contributed by atoms with Gasteiger partial charge in [0.15, 0.2) is 0 Å². The highest BCUT2D eigenvalue weighted by atomic mass is 16.5. The molecule has 0 amide bonds. The fraction of sp³-hybridized carbons (Fsp3) is 0.0870. The molecule has 3 aromatic carbocycles. The molecular weight excluding hydrogens is 320 g/mol. The smallest absolute Gasteiger partial charge is 0.119 e. The number of rotatable bonds is 5. The molecule has 3 nitrogen and oxygen atoms in total. The topological polar surface area (TPSA) is 36.3 Å². The molecule has 3 aromatic rings. The van der Waals surface area contributed by atoms with E-state index in [-0.39, 0.29) is 0 Å². The number of methoxy groups -OCH3 is 1. The summed E-state index contributed by atoms with van der Waals surface area (Å²) in [4.78, 5) is 2.19. The van der Waals surface area contributed by atoms with Crippen molar-refractivity contribution < 1.29 is 4.74 Å². The van der Waals surface area contributed by atoms with E-state index in [1.807, 2.05) is 42.5 Å². The van der Waals surface area contributed by atoms with Gasteiger partial charge in [0.25, 0.3) is 0 Å². The maximum atomic E-state index is 8.68. The fourth-order valence-corrected chi connectivity index (χ4v) is 2.74. The van der Waals surface area contributed by atoms with Gasteiger partial charge >= 0.3 is 0 Å². The number of benzene rings is 3. The first-order valence-electron chi connectivity index (χ1n) is 8.38. The molecule has 0 bridgehead atoms. The number of nitrogens with zero attached hydrogens (tertiary/aromatic N) is 2. The van der Waals surface area contributed by atoms with Gasteiger partial charge in [0.1, 0.15) is 5.75 Å². The van der Waals surface area contributed by atoms with E-state index in [0.717, 1.165) is 28.4 Å². The van der Waals surface area contributed by atoms with Gasteiger partial charge in [-0.1, -0.05) is 29.8 Å². The molecule has 0 radical (unpaired) electrons. The lowest BCUT2D eigenvalue weighted by molar-refractivity contribution is 0.415. The molecule has 0 heterocycles. The Kier molecular flexibility index (Phi) is 5.36. The Bertz CT molecular complexity index is 918. The van der Waals surface area contributed by atoms with E-state index in [1.165, 1.54) is 11.6 Å². The van der Waals surface area contributed by atoms with Crippen molar-refractivity contribution in [2.45, 2.75) is 6.92 Å². The molecule has 0 aliphatic heterocycles. The third-order valence-electron chi connectivity index (χ3n) is 4.12. The van der Waals surface area contributed by atoms with Crippen molar-refractivity contribution in [2.24, 2.45) is 0 Å². The average molecular weight is 340 g/mol. The first kappa shape index (κ1) is 17.3.